The number of aromatic amines is 2. The van der Waals surface area contributed by atoms with Gasteiger partial charge in [-0.3, -0.25) is 14.9 Å². The predicted octanol–water partition coefficient (Wildman–Crippen LogP) is 3.59. The fraction of sp³-hybridized carbons (Fsp3) is 0.182. The Bertz CT molecular complexity index is 1250. The number of thioether (sulfide) groups is 1. The molecule has 0 spiro atoms. The quantitative estimate of drug-likeness (QED) is 0.341. The zero-order valence-corrected chi connectivity index (χ0v) is 17.2. The van der Waals surface area contributed by atoms with Gasteiger partial charge in [0.15, 0.2) is 0 Å². The predicted molar refractivity (Wildman–Crippen MR) is 117 cm³/mol. The lowest BCUT2D eigenvalue weighted by molar-refractivity contribution is -0.759. The highest BCUT2D eigenvalue weighted by molar-refractivity contribution is 7.99. The van der Waals surface area contributed by atoms with E-state index < -0.39 is 0 Å². The Kier molecular flexibility index (Phi) is 4.84. The molecule has 2 aromatic heterocycles. The molecule has 4 aromatic rings. The normalized spacial score (nSPS) is 14.6. The topological polar surface area (TPSA) is 90.3 Å². The van der Waals surface area contributed by atoms with Crippen molar-refractivity contribution in [2.24, 2.45) is 0 Å². The van der Waals surface area contributed by atoms with Gasteiger partial charge in [-0.05, 0) is 23.2 Å². The van der Waals surface area contributed by atoms with E-state index in [2.05, 4.69) is 27.4 Å². The van der Waals surface area contributed by atoms with Crippen LogP contribution in [-0.4, -0.2) is 26.0 Å². The number of hydrogen-bond acceptors (Lipinski definition) is 5. The minimum absolute atomic E-state index is 0.146. The minimum atomic E-state index is -0.368. The standard InChI is InChI=1S/C22H20N6OS/c1-2-12-30-22-25-21(29)19-15-10-6-7-11-17(15)24-20(28(19)27-22)16-13-23-26-18(16)14-8-4-3-5-9-14/h3-11,13,20H,2,12H2,1H3,(H2,23,25,26,27,29)/p+1/t20-/m0/s1. The molecule has 0 saturated heterocycles. The number of H-pyrrole nitrogens is 2. The van der Waals surface area contributed by atoms with Crippen LogP contribution in [0.2, 0.25) is 0 Å². The van der Waals surface area contributed by atoms with Crippen LogP contribution in [-0.2, 0) is 0 Å². The number of aromatic nitrogens is 5. The molecular formula is C22H21N6OS+. The Hall–Kier alpha value is -3.39. The highest BCUT2D eigenvalue weighted by Crippen LogP contribution is 2.34. The van der Waals surface area contributed by atoms with Crippen LogP contribution in [0.25, 0.3) is 22.5 Å². The fourth-order valence-electron chi connectivity index (χ4n) is 3.70. The lowest BCUT2D eigenvalue weighted by Crippen LogP contribution is -2.55. The van der Waals surface area contributed by atoms with Crippen LogP contribution in [0.4, 0.5) is 5.69 Å². The molecule has 1 aliphatic heterocycles. The van der Waals surface area contributed by atoms with Gasteiger partial charge in [-0.2, -0.15) is 5.10 Å². The van der Waals surface area contributed by atoms with E-state index in [1.807, 2.05) is 54.6 Å². The van der Waals surface area contributed by atoms with Gasteiger partial charge in [0.25, 0.3) is 6.17 Å². The first kappa shape index (κ1) is 18.6. The van der Waals surface area contributed by atoms with Gasteiger partial charge in [0, 0.05) is 16.4 Å². The van der Waals surface area contributed by atoms with Crippen molar-refractivity contribution in [2.45, 2.75) is 24.7 Å². The zero-order valence-electron chi connectivity index (χ0n) is 16.4. The Labute approximate surface area is 177 Å². The molecule has 30 heavy (non-hydrogen) atoms. The maximum atomic E-state index is 13.1. The van der Waals surface area contributed by atoms with Crippen LogP contribution in [0.5, 0.6) is 0 Å². The van der Waals surface area contributed by atoms with Gasteiger partial charge in [0.05, 0.1) is 28.7 Å². The Morgan fingerprint density at radius 1 is 1.10 bits per heavy atom. The maximum absolute atomic E-state index is 13.1. The molecule has 0 saturated carbocycles. The van der Waals surface area contributed by atoms with Crippen molar-refractivity contribution in [3.05, 3.63) is 76.7 Å². The van der Waals surface area contributed by atoms with Crippen LogP contribution in [0.3, 0.4) is 0 Å². The fourth-order valence-corrected chi connectivity index (χ4v) is 4.41. The van der Waals surface area contributed by atoms with E-state index in [1.165, 1.54) is 0 Å². The summed E-state index contributed by atoms with van der Waals surface area (Å²) in [5.74, 6) is 0.887. The number of anilines is 1. The van der Waals surface area contributed by atoms with Crippen LogP contribution < -0.4 is 15.6 Å². The molecular weight excluding hydrogens is 396 g/mol. The summed E-state index contributed by atoms with van der Waals surface area (Å²) in [5.41, 5.74) is 4.96. The highest BCUT2D eigenvalue weighted by atomic mass is 32.2. The average molecular weight is 418 g/mol. The molecule has 1 atom stereocenters. The first-order valence-corrected chi connectivity index (χ1v) is 10.9. The number of nitrogens with one attached hydrogen (secondary N) is 3. The number of nitrogens with zero attached hydrogens (tertiary/aromatic N) is 3. The molecule has 1 aliphatic rings. The van der Waals surface area contributed by atoms with Gasteiger partial charge >= 0.3 is 11.3 Å². The number of benzene rings is 2. The van der Waals surface area contributed by atoms with Crippen LogP contribution in [0, 0.1) is 0 Å². The second kappa shape index (κ2) is 7.79. The zero-order chi connectivity index (χ0) is 20.5. The van der Waals surface area contributed by atoms with Gasteiger partial charge in [-0.25, -0.2) is 0 Å². The Morgan fingerprint density at radius 3 is 2.73 bits per heavy atom. The molecule has 0 unspecified atom stereocenters. The van der Waals surface area contributed by atoms with E-state index in [-0.39, 0.29) is 11.7 Å². The molecule has 8 heteroatoms. The molecule has 3 N–H and O–H groups in total. The van der Waals surface area contributed by atoms with Gasteiger partial charge in [0.2, 0.25) is 5.16 Å². The van der Waals surface area contributed by atoms with Gasteiger partial charge in [-0.15, -0.1) is 0 Å². The number of para-hydroxylation sites is 1. The lowest BCUT2D eigenvalue weighted by atomic mass is 10.0. The lowest BCUT2D eigenvalue weighted by Gasteiger charge is -2.22. The molecule has 0 radical (unpaired) electrons. The molecule has 5 rings (SSSR count). The number of fused-ring (bicyclic) bond motifs is 3. The third-order valence-electron chi connectivity index (χ3n) is 5.05. The van der Waals surface area contributed by atoms with Crippen molar-refractivity contribution in [1.29, 1.82) is 0 Å². The van der Waals surface area contributed by atoms with Crippen LogP contribution in [0.15, 0.2) is 70.7 Å². The summed E-state index contributed by atoms with van der Waals surface area (Å²) < 4.78 is 1.79. The first-order chi connectivity index (χ1) is 14.8. The Balaban J connectivity index is 1.70. The third-order valence-corrected chi connectivity index (χ3v) is 6.12. The van der Waals surface area contributed by atoms with E-state index >= 15 is 0 Å². The van der Waals surface area contributed by atoms with Gasteiger partial charge < -0.3 is 5.32 Å². The molecule has 150 valence electrons. The summed E-state index contributed by atoms with van der Waals surface area (Å²) in [4.78, 5) is 16.0. The first-order valence-electron chi connectivity index (χ1n) is 9.90. The molecule has 0 amide bonds. The molecule has 3 heterocycles. The summed E-state index contributed by atoms with van der Waals surface area (Å²) in [6.45, 7) is 2.11. The van der Waals surface area contributed by atoms with Crippen molar-refractivity contribution >= 4 is 17.4 Å². The smallest absolute Gasteiger partial charge is 0.321 e. The minimum Gasteiger partial charge on any atom is -0.321 e. The molecule has 2 aromatic carbocycles. The summed E-state index contributed by atoms with van der Waals surface area (Å²) in [7, 11) is 0. The summed E-state index contributed by atoms with van der Waals surface area (Å²) in [5, 5.41) is 16.4. The summed E-state index contributed by atoms with van der Waals surface area (Å²) in [6.07, 6.45) is 2.43. The van der Waals surface area contributed by atoms with Crippen LogP contribution >= 0.6 is 11.8 Å². The highest BCUT2D eigenvalue weighted by Gasteiger charge is 2.39. The SMILES string of the molecule is CCCSc1n[n+]2c(c(=O)[nH]1)-c1ccccc1N[C@@H]2c1cn[nH]c1-c1ccccc1. The van der Waals surface area contributed by atoms with E-state index in [9.17, 15) is 4.79 Å². The average Bonchev–Trinajstić information content (AvgIpc) is 3.27. The van der Waals surface area contributed by atoms with E-state index in [0.717, 1.165) is 40.2 Å². The number of rotatable bonds is 5. The number of hydrogen-bond donors (Lipinski definition) is 3. The second-order valence-corrected chi connectivity index (χ2v) is 8.14. The largest absolute Gasteiger partial charge is 0.325 e. The molecule has 0 aliphatic carbocycles. The van der Waals surface area contributed by atoms with E-state index in [1.54, 1.807) is 22.6 Å². The third kappa shape index (κ3) is 3.19. The van der Waals surface area contributed by atoms with E-state index in [4.69, 9.17) is 5.10 Å². The monoisotopic (exact) mass is 417 g/mol. The van der Waals surface area contributed by atoms with Crippen molar-refractivity contribution in [3.63, 3.8) is 0 Å². The second-order valence-electron chi connectivity index (χ2n) is 7.06. The van der Waals surface area contributed by atoms with Gasteiger partial charge in [0.1, 0.15) is 0 Å². The van der Waals surface area contributed by atoms with E-state index in [0.29, 0.717) is 10.9 Å². The molecule has 7 nitrogen and oxygen atoms in total. The van der Waals surface area contributed by atoms with Crippen molar-refractivity contribution in [2.75, 3.05) is 11.1 Å². The van der Waals surface area contributed by atoms with Crippen LogP contribution in [0.1, 0.15) is 25.1 Å². The van der Waals surface area contributed by atoms with Gasteiger partial charge in [-0.1, -0.05) is 61.2 Å². The molecule has 0 bridgehead atoms. The summed E-state index contributed by atoms with van der Waals surface area (Å²) >= 11 is 1.55. The van der Waals surface area contributed by atoms with Crippen molar-refractivity contribution < 1.29 is 4.68 Å². The molecule has 0 fully saturated rings. The van der Waals surface area contributed by atoms with Crippen molar-refractivity contribution in [1.82, 2.24) is 20.3 Å². The van der Waals surface area contributed by atoms with Crippen molar-refractivity contribution in [3.8, 4) is 22.5 Å². The summed E-state index contributed by atoms with van der Waals surface area (Å²) in [6, 6.07) is 17.8. The Morgan fingerprint density at radius 2 is 1.90 bits per heavy atom. The maximum Gasteiger partial charge on any atom is 0.325 e.